The summed E-state index contributed by atoms with van der Waals surface area (Å²) in [6.45, 7) is -0.511. The van der Waals surface area contributed by atoms with E-state index in [1.807, 2.05) is 24.3 Å². The Morgan fingerprint density at radius 2 is 1.71 bits per heavy atom. The first-order chi connectivity index (χ1) is 6.72. The first kappa shape index (κ1) is 11.1. The number of hydrogen-bond acceptors (Lipinski definition) is 1. The molecule has 1 aromatic rings. The standard InChI is InChI=1S/C11H14F2O/c1-2-9-3-5-10(6-4-9)7-8-14-11(12)13/h3-6,11H,2,7-8H2,1H3. The van der Waals surface area contributed by atoms with E-state index in [0.29, 0.717) is 6.42 Å². The van der Waals surface area contributed by atoms with Crippen LogP contribution in [0.2, 0.25) is 0 Å². The molecule has 0 aliphatic heterocycles. The van der Waals surface area contributed by atoms with Crippen LogP contribution in [0.4, 0.5) is 8.78 Å². The van der Waals surface area contributed by atoms with Gasteiger partial charge in [0.2, 0.25) is 0 Å². The molecule has 1 nitrogen and oxygen atoms in total. The number of halogens is 2. The quantitative estimate of drug-likeness (QED) is 0.709. The Morgan fingerprint density at radius 1 is 1.14 bits per heavy atom. The third-order valence-electron chi connectivity index (χ3n) is 2.07. The molecule has 0 amide bonds. The zero-order valence-electron chi connectivity index (χ0n) is 8.17. The molecule has 78 valence electrons. The maximum absolute atomic E-state index is 11.6. The minimum Gasteiger partial charge on any atom is -0.323 e. The number of aryl methyl sites for hydroxylation is 1. The van der Waals surface area contributed by atoms with E-state index >= 15 is 0 Å². The molecule has 0 aromatic heterocycles. The summed E-state index contributed by atoms with van der Waals surface area (Å²) < 4.78 is 27.4. The Labute approximate surface area is 82.7 Å². The molecule has 0 atom stereocenters. The first-order valence-electron chi connectivity index (χ1n) is 4.70. The van der Waals surface area contributed by atoms with Crippen molar-refractivity contribution in [2.24, 2.45) is 0 Å². The Kier molecular flexibility index (Phi) is 4.53. The lowest BCUT2D eigenvalue weighted by molar-refractivity contribution is -0.127. The summed E-state index contributed by atoms with van der Waals surface area (Å²) in [5.41, 5.74) is 2.28. The van der Waals surface area contributed by atoms with Crippen molar-refractivity contribution in [1.29, 1.82) is 0 Å². The van der Waals surface area contributed by atoms with Gasteiger partial charge in [-0.05, 0) is 24.0 Å². The third kappa shape index (κ3) is 3.83. The molecule has 3 heteroatoms. The van der Waals surface area contributed by atoms with Gasteiger partial charge in [-0.2, -0.15) is 8.78 Å². The van der Waals surface area contributed by atoms with E-state index in [2.05, 4.69) is 11.7 Å². The topological polar surface area (TPSA) is 9.23 Å². The fourth-order valence-electron chi connectivity index (χ4n) is 1.21. The average molecular weight is 200 g/mol. The van der Waals surface area contributed by atoms with Crippen molar-refractivity contribution < 1.29 is 13.5 Å². The molecular formula is C11H14F2O. The van der Waals surface area contributed by atoms with Crippen LogP contribution in [0.5, 0.6) is 0 Å². The van der Waals surface area contributed by atoms with Crippen LogP contribution in [-0.4, -0.2) is 13.2 Å². The van der Waals surface area contributed by atoms with Gasteiger partial charge in [0.15, 0.2) is 0 Å². The van der Waals surface area contributed by atoms with Crippen molar-refractivity contribution in [1.82, 2.24) is 0 Å². The van der Waals surface area contributed by atoms with Crippen LogP contribution in [0.25, 0.3) is 0 Å². The maximum atomic E-state index is 11.6. The van der Waals surface area contributed by atoms with Gasteiger partial charge in [-0.3, -0.25) is 0 Å². The van der Waals surface area contributed by atoms with E-state index < -0.39 is 6.61 Å². The summed E-state index contributed by atoms with van der Waals surface area (Å²) in [5.74, 6) is 0. The molecule has 0 aliphatic rings. The average Bonchev–Trinajstić information content (AvgIpc) is 2.18. The fraction of sp³-hybridized carbons (Fsp3) is 0.455. The largest absolute Gasteiger partial charge is 0.345 e. The Balaban J connectivity index is 2.36. The number of benzene rings is 1. The SMILES string of the molecule is CCc1ccc(CCOC(F)F)cc1. The molecule has 1 rings (SSSR count). The van der Waals surface area contributed by atoms with E-state index in [-0.39, 0.29) is 6.61 Å². The van der Waals surface area contributed by atoms with Crippen molar-refractivity contribution in [3.8, 4) is 0 Å². The zero-order chi connectivity index (χ0) is 10.4. The van der Waals surface area contributed by atoms with E-state index in [1.165, 1.54) is 5.56 Å². The van der Waals surface area contributed by atoms with Crippen LogP contribution < -0.4 is 0 Å². The predicted molar refractivity (Wildman–Crippen MR) is 51.5 cm³/mol. The van der Waals surface area contributed by atoms with E-state index in [0.717, 1.165) is 12.0 Å². The summed E-state index contributed by atoms with van der Waals surface area (Å²) >= 11 is 0. The van der Waals surface area contributed by atoms with Crippen LogP contribution in [-0.2, 0) is 17.6 Å². The monoisotopic (exact) mass is 200 g/mol. The van der Waals surface area contributed by atoms with Crippen LogP contribution in [0, 0.1) is 0 Å². The van der Waals surface area contributed by atoms with Gasteiger partial charge in [-0.25, -0.2) is 0 Å². The first-order valence-corrected chi connectivity index (χ1v) is 4.70. The second-order valence-corrected chi connectivity index (χ2v) is 3.05. The summed E-state index contributed by atoms with van der Waals surface area (Å²) in [7, 11) is 0. The zero-order valence-corrected chi connectivity index (χ0v) is 8.17. The van der Waals surface area contributed by atoms with Gasteiger partial charge in [0.05, 0.1) is 6.61 Å². The van der Waals surface area contributed by atoms with Crippen molar-refractivity contribution in [2.75, 3.05) is 6.61 Å². The molecule has 14 heavy (non-hydrogen) atoms. The molecule has 0 unspecified atom stereocenters. The van der Waals surface area contributed by atoms with Crippen molar-refractivity contribution in [3.05, 3.63) is 35.4 Å². The highest BCUT2D eigenvalue weighted by molar-refractivity contribution is 5.22. The van der Waals surface area contributed by atoms with Gasteiger partial charge in [0.25, 0.3) is 0 Å². The molecule has 0 saturated heterocycles. The Hall–Kier alpha value is -0.960. The summed E-state index contributed by atoms with van der Waals surface area (Å²) in [6.07, 6.45) is 1.53. The van der Waals surface area contributed by atoms with Gasteiger partial charge in [0, 0.05) is 0 Å². The van der Waals surface area contributed by atoms with Gasteiger partial charge in [-0.1, -0.05) is 31.2 Å². The van der Waals surface area contributed by atoms with Gasteiger partial charge < -0.3 is 4.74 Å². The second-order valence-electron chi connectivity index (χ2n) is 3.05. The molecule has 0 spiro atoms. The maximum Gasteiger partial charge on any atom is 0.345 e. The third-order valence-corrected chi connectivity index (χ3v) is 2.07. The molecule has 0 aliphatic carbocycles. The Morgan fingerprint density at radius 3 is 2.21 bits per heavy atom. The van der Waals surface area contributed by atoms with E-state index in [1.54, 1.807) is 0 Å². The summed E-state index contributed by atoms with van der Waals surface area (Å²) in [4.78, 5) is 0. The predicted octanol–water partition coefficient (Wildman–Crippen LogP) is 3.03. The van der Waals surface area contributed by atoms with Crippen molar-refractivity contribution >= 4 is 0 Å². The summed E-state index contributed by atoms with van der Waals surface area (Å²) in [5, 5.41) is 0. The molecule has 1 aromatic carbocycles. The van der Waals surface area contributed by atoms with Gasteiger partial charge in [-0.15, -0.1) is 0 Å². The lowest BCUT2D eigenvalue weighted by atomic mass is 10.1. The molecule has 0 heterocycles. The number of alkyl halides is 2. The number of hydrogen-bond donors (Lipinski definition) is 0. The van der Waals surface area contributed by atoms with Crippen molar-refractivity contribution in [3.63, 3.8) is 0 Å². The van der Waals surface area contributed by atoms with Crippen LogP contribution in [0.15, 0.2) is 24.3 Å². The molecular weight excluding hydrogens is 186 g/mol. The van der Waals surface area contributed by atoms with Crippen molar-refractivity contribution in [2.45, 2.75) is 26.4 Å². The van der Waals surface area contributed by atoms with E-state index in [4.69, 9.17) is 0 Å². The highest BCUT2D eigenvalue weighted by Crippen LogP contribution is 2.06. The summed E-state index contributed by atoms with van der Waals surface area (Å²) in [6, 6.07) is 7.93. The van der Waals surface area contributed by atoms with Crippen LogP contribution in [0.3, 0.4) is 0 Å². The molecule has 0 bridgehead atoms. The number of ether oxygens (including phenoxy) is 1. The fourth-order valence-corrected chi connectivity index (χ4v) is 1.21. The lowest BCUT2D eigenvalue weighted by Gasteiger charge is -2.03. The smallest absolute Gasteiger partial charge is 0.323 e. The second kappa shape index (κ2) is 5.70. The number of rotatable bonds is 5. The molecule has 0 radical (unpaired) electrons. The minimum absolute atomic E-state index is 0.0726. The lowest BCUT2D eigenvalue weighted by Crippen LogP contribution is -2.03. The van der Waals surface area contributed by atoms with Crippen LogP contribution >= 0.6 is 0 Å². The highest BCUT2D eigenvalue weighted by Gasteiger charge is 2.01. The van der Waals surface area contributed by atoms with Gasteiger partial charge in [0.1, 0.15) is 0 Å². The van der Waals surface area contributed by atoms with E-state index in [9.17, 15) is 8.78 Å². The Bertz CT molecular complexity index is 256. The van der Waals surface area contributed by atoms with Gasteiger partial charge >= 0.3 is 6.61 Å². The molecule has 0 saturated carbocycles. The highest BCUT2D eigenvalue weighted by atomic mass is 19.3. The van der Waals surface area contributed by atoms with Crippen LogP contribution in [0.1, 0.15) is 18.1 Å². The normalized spacial score (nSPS) is 10.9. The molecule has 0 fully saturated rings. The minimum atomic E-state index is -2.66. The molecule has 0 N–H and O–H groups in total.